The molecule has 0 aliphatic rings. The van der Waals surface area contributed by atoms with Crippen LogP contribution in [0.2, 0.25) is 0 Å². The van der Waals surface area contributed by atoms with Crippen molar-refractivity contribution in [3.63, 3.8) is 0 Å². The van der Waals surface area contributed by atoms with E-state index in [2.05, 4.69) is 19.2 Å². The van der Waals surface area contributed by atoms with Gasteiger partial charge in [-0.2, -0.15) is 0 Å². The lowest BCUT2D eigenvalue weighted by Gasteiger charge is -2.09. The first-order valence-electron chi connectivity index (χ1n) is 9.91. The average molecular weight is 387 g/mol. The highest BCUT2D eigenvalue weighted by atomic mass is 16.1. The summed E-state index contributed by atoms with van der Waals surface area (Å²) in [7, 11) is 0. The Morgan fingerprint density at radius 2 is 1.69 bits per heavy atom. The molecule has 0 spiro atoms. The number of carbonyl (C=O) groups is 1. The van der Waals surface area contributed by atoms with Crippen molar-refractivity contribution < 1.29 is 4.79 Å². The number of nitrogens with two attached hydrogens (primary N) is 1. The summed E-state index contributed by atoms with van der Waals surface area (Å²) < 4.78 is 1.88. The van der Waals surface area contributed by atoms with E-state index < -0.39 is 0 Å². The number of nitrogens with zero attached hydrogens (tertiary/aromatic N) is 3. The molecule has 29 heavy (non-hydrogen) atoms. The Balaban J connectivity index is 1.84. The predicted octanol–water partition coefficient (Wildman–Crippen LogP) is 3.99. The van der Waals surface area contributed by atoms with Gasteiger partial charge in [0.25, 0.3) is 5.91 Å². The van der Waals surface area contributed by atoms with Gasteiger partial charge in [-0.05, 0) is 30.0 Å². The Morgan fingerprint density at radius 3 is 2.38 bits per heavy atom. The Bertz CT molecular complexity index is 1160. The van der Waals surface area contributed by atoms with Crippen molar-refractivity contribution in [2.24, 2.45) is 5.92 Å². The number of anilines is 1. The molecular formula is C23H25N5O. The number of para-hydroxylation sites is 2. The molecule has 0 saturated carbocycles. The lowest BCUT2D eigenvalue weighted by atomic mass is 10.1. The van der Waals surface area contributed by atoms with Crippen molar-refractivity contribution in [1.82, 2.24) is 19.9 Å². The van der Waals surface area contributed by atoms with Crippen LogP contribution in [0.4, 0.5) is 5.82 Å². The summed E-state index contributed by atoms with van der Waals surface area (Å²) in [5.74, 6) is 0.696. The van der Waals surface area contributed by atoms with Crippen LogP contribution in [0.1, 0.15) is 36.2 Å². The molecular weight excluding hydrogens is 362 g/mol. The quantitative estimate of drug-likeness (QED) is 0.524. The highest BCUT2D eigenvalue weighted by Gasteiger charge is 2.23. The van der Waals surface area contributed by atoms with E-state index >= 15 is 0 Å². The van der Waals surface area contributed by atoms with Crippen molar-refractivity contribution in [1.29, 1.82) is 0 Å². The average Bonchev–Trinajstić information content (AvgIpc) is 2.97. The van der Waals surface area contributed by atoms with E-state index in [0.717, 1.165) is 23.0 Å². The summed E-state index contributed by atoms with van der Waals surface area (Å²) in [6, 6.07) is 17.7. The largest absolute Gasteiger partial charge is 0.384 e. The number of rotatable bonds is 6. The van der Waals surface area contributed by atoms with Crippen molar-refractivity contribution in [2.75, 3.05) is 12.3 Å². The van der Waals surface area contributed by atoms with Crippen LogP contribution in [-0.4, -0.2) is 27.0 Å². The number of fused-ring (bicyclic) bond motifs is 2. The maximum absolute atomic E-state index is 13.0. The normalized spacial score (nSPS) is 11.4. The fraction of sp³-hybridized carbons (Fsp3) is 0.261. The molecule has 6 nitrogen and oxygen atoms in total. The van der Waals surface area contributed by atoms with Gasteiger partial charge in [-0.1, -0.05) is 56.3 Å². The molecule has 6 heteroatoms. The molecule has 0 radical (unpaired) electrons. The third-order valence-electron chi connectivity index (χ3n) is 5.01. The van der Waals surface area contributed by atoms with Gasteiger partial charge in [0, 0.05) is 6.54 Å². The van der Waals surface area contributed by atoms with Crippen LogP contribution in [0.5, 0.6) is 0 Å². The number of nitrogen functional groups attached to an aromatic ring is 1. The lowest BCUT2D eigenvalue weighted by molar-refractivity contribution is 0.0954. The zero-order valence-corrected chi connectivity index (χ0v) is 16.7. The summed E-state index contributed by atoms with van der Waals surface area (Å²) in [6.45, 7) is 5.38. The molecule has 2 heterocycles. The van der Waals surface area contributed by atoms with E-state index in [1.165, 1.54) is 0 Å². The van der Waals surface area contributed by atoms with Gasteiger partial charge in [0.05, 0.1) is 17.6 Å². The minimum absolute atomic E-state index is 0.204. The topological polar surface area (TPSA) is 85.8 Å². The van der Waals surface area contributed by atoms with Crippen molar-refractivity contribution in [2.45, 2.75) is 26.8 Å². The summed E-state index contributed by atoms with van der Waals surface area (Å²) >= 11 is 0. The summed E-state index contributed by atoms with van der Waals surface area (Å²) in [5.41, 5.74) is 10.6. The lowest BCUT2D eigenvalue weighted by Crippen LogP contribution is -2.26. The smallest absolute Gasteiger partial charge is 0.257 e. The van der Waals surface area contributed by atoms with E-state index in [4.69, 9.17) is 15.7 Å². The van der Waals surface area contributed by atoms with Gasteiger partial charge in [0.1, 0.15) is 16.9 Å². The van der Waals surface area contributed by atoms with Crippen molar-refractivity contribution in [3.05, 3.63) is 65.7 Å². The first-order chi connectivity index (χ1) is 14.0. The highest BCUT2D eigenvalue weighted by molar-refractivity contribution is 6.10. The molecule has 0 atom stereocenters. The number of hydrogen-bond donors (Lipinski definition) is 2. The number of hydrogen-bond acceptors (Lipinski definition) is 4. The summed E-state index contributed by atoms with van der Waals surface area (Å²) in [6.07, 6.45) is 0.906. The van der Waals surface area contributed by atoms with Gasteiger partial charge in [0.15, 0.2) is 5.65 Å². The molecule has 0 aliphatic carbocycles. The monoisotopic (exact) mass is 387 g/mol. The second kappa shape index (κ2) is 7.91. The first-order valence-corrected chi connectivity index (χ1v) is 9.91. The standard InChI is InChI=1S/C23H25N5O/c1-15(2)12-13-25-23(29)19-20-22(27-18-11-7-6-10-17(18)26-20)28(21(19)24)14-16-8-4-3-5-9-16/h3-11,15H,12-14,24H2,1-2H3,(H,25,29). The SMILES string of the molecule is CC(C)CCNC(=O)c1c(N)n(Cc2ccccc2)c2nc3ccccc3nc12. The number of benzene rings is 2. The molecule has 0 unspecified atom stereocenters. The second-order valence-electron chi connectivity index (χ2n) is 7.65. The third kappa shape index (κ3) is 3.78. The second-order valence-corrected chi connectivity index (χ2v) is 7.65. The third-order valence-corrected chi connectivity index (χ3v) is 5.01. The van der Waals surface area contributed by atoms with Crippen LogP contribution >= 0.6 is 0 Å². The summed E-state index contributed by atoms with van der Waals surface area (Å²) in [4.78, 5) is 22.5. The number of amides is 1. The maximum atomic E-state index is 13.0. The Morgan fingerprint density at radius 1 is 1.03 bits per heavy atom. The zero-order chi connectivity index (χ0) is 20.4. The molecule has 1 amide bonds. The van der Waals surface area contributed by atoms with Gasteiger partial charge in [-0.3, -0.25) is 4.79 Å². The zero-order valence-electron chi connectivity index (χ0n) is 16.7. The fourth-order valence-corrected chi connectivity index (χ4v) is 3.43. The van der Waals surface area contributed by atoms with Gasteiger partial charge < -0.3 is 15.6 Å². The maximum Gasteiger partial charge on any atom is 0.257 e. The molecule has 148 valence electrons. The van der Waals surface area contributed by atoms with Crippen molar-refractivity contribution in [3.8, 4) is 0 Å². The molecule has 0 aliphatic heterocycles. The van der Waals surface area contributed by atoms with E-state index in [-0.39, 0.29) is 5.91 Å². The predicted molar refractivity (Wildman–Crippen MR) is 117 cm³/mol. The van der Waals surface area contributed by atoms with Gasteiger partial charge >= 0.3 is 0 Å². The number of nitrogens with one attached hydrogen (secondary N) is 1. The minimum Gasteiger partial charge on any atom is -0.384 e. The Labute approximate surface area is 169 Å². The molecule has 2 aromatic heterocycles. The summed E-state index contributed by atoms with van der Waals surface area (Å²) in [5, 5.41) is 2.99. The van der Waals surface area contributed by atoms with Gasteiger partial charge in [-0.25, -0.2) is 9.97 Å². The molecule has 0 fully saturated rings. The highest BCUT2D eigenvalue weighted by Crippen LogP contribution is 2.28. The van der Waals surface area contributed by atoms with Gasteiger partial charge in [0.2, 0.25) is 0 Å². The van der Waals surface area contributed by atoms with Crippen LogP contribution in [0.25, 0.3) is 22.2 Å². The van der Waals surface area contributed by atoms with Crippen LogP contribution in [0.15, 0.2) is 54.6 Å². The van der Waals surface area contributed by atoms with Gasteiger partial charge in [-0.15, -0.1) is 0 Å². The van der Waals surface area contributed by atoms with E-state index in [1.54, 1.807) is 0 Å². The molecule has 4 rings (SSSR count). The van der Waals surface area contributed by atoms with Crippen LogP contribution in [0.3, 0.4) is 0 Å². The van der Waals surface area contributed by atoms with Crippen LogP contribution < -0.4 is 11.1 Å². The molecule has 2 aromatic carbocycles. The van der Waals surface area contributed by atoms with Crippen LogP contribution in [-0.2, 0) is 6.54 Å². The molecule has 4 aromatic rings. The fourth-order valence-electron chi connectivity index (χ4n) is 3.43. The Hall–Kier alpha value is -3.41. The van der Waals surface area contributed by atoms with E-state index in [1.807, 2.05) is 59.2 Å². The van der Waals surface area contributed by atoms with Crippen molar-refractivity contribution >= 4 is 33.9 Å². The van der Waals surface area contributed by atoms with Crippen LogP contribution in [0, 0.1) is 5.92 Å². The molecule has 3 N–H and O–H groups in total. The first kappa shape index (κ1) is 18.9. The number of aromatic nitrogens is 3. The van der Waals surface area contributed by atoms with E-state index in [0.29, 0.717) is 41.6 Å². The minimum atomic E-state index is -0.204. The molecule has 0 bridgehead atoms. The molecule has 0 saturated heterocycles. The number of carbonyl (C=O) groups excluding carboxylic acids is 1. The Kier molecular flexibility index (Phi) is 5.16. The van der Waals surface area contributed by atoms with E-state index in [9.17, 15) is 4.79 Å².